The van der Waals surface area contributed by atoms with E-state index < -0.39 is 0 Å². The molecule has 0 bridgehead atoms. The van der Waals surface area contributed by atoms with Crippen molar-refractivity contribution >= 4 is 29.1 Å². The van der Waals surface area contributed by atoms with Crippen molar-refractivity contribution in [1.29, 1.82) is 0 Å². The highest BCUT2D eigenvalue weighted by atomic mass is 32.2. The minimum absolute atomic E-state index is 0.546. The van der Waals surface area contributed by atoms with Crippen LogP contribution in [0.25, 0.3) is 0 Å². The summed E-state index contributed by atoms with van der Waals surface area (Å²) < 4.78 is 5.16. The number of nitrogens with two attached hydrogens (primary N) is 1. The van der Waals surface area contributed by atoms with Crippen LogP contribution in [0.2, 0.25) is 0 Å². The summed E-state index contributed by atoms with van der Waals surface area (Å²) in [5, 5.41) is 0.873. The molecule has 18 heavy (non-hydrogen) atoms. The molecule has 5 nitrogen and oxygen atoms in total. The molecule has 2 aromatic rings. The first kappa shape index (κ1) is 13.2. The first-order valence-corrected chi connectivity index (χ1v) is 7.36. The van der Waals surface area contributed by atoms with Gasteiger partial charge in [-0.15, -0.1) is 0 Å². The molecule has 2 heterocycles. The molecule has 0 aliphatic carbocycles. The van der Waals surface area contributed by atoms with Crippen LogP contribution >= 0.6 is 23.3 Å². The third-order valence-corrected chi connectivity index (χ3v) is 4.33. The van der Waals surface area contributed by atoms with Crippen LogP contribution < -0.4 is 5.73 Å². The lowest BCUT2D eigenvalue weighted by atomic mass is 10.3. The molecule has 0 spiro atoms. The minimum Gasteiger partial charge on any atom is -0.383 e. The maximum Gasteiger partial charge on any atom is 0.176 e. The summed E-state index contributed by atoms with van der Waals surface area (Å²) in [7, 11) is 0. The third kappa shape index (κ3) is 2.78. The predicted molar refractivity (Wildman–Crippen MR) is 74.0 cm³/mol. The molecule has 2 rings (SSSR count). The zero-order valence-electron chi connectivity index (χ0n) is 10.6. The van der Waals surface area contributed by atoms with Crippen LogP contribution in [-0.2, 0) is 12.8 Å². The second-order valence-electron chi connectivity index (χ2n) is 3.74. The van der Waals surface area contributed by atoms with Crippen LogP contribution in [0.5, 0.6) is 0 Å². The van der Waals surface area contributed by atoms with E-state index in [-0.39, 0.29) is 0 Å². The zero-order valence-corrected chi connectivity index (χ0v) is 12.2. The molecular weight excluding hydrogens is 266 g/mol. The Morgan fingerprint density at radius 2 is 1.83 bits per heavy atom. The van der Waals surface area contributed by atoms with Crippen molar-refractivity contribution in [3.8, 4) is 0 Å². The maximum absolute atomic E-state index is 5.88. The number of nitrogen functional groups attached to an aromatic ring is 1. The number of aryl methyl sites for hydroxylation is 2. The fraction of sp³-hybridized carbons (Fsp3) is 0.455. The molecule has 0 radical (unpaired) electrons. The monoisotopic (exact) mass is 281 g/mol. The van der Waals surface area contributed by atoms with E-state index in [9.17, 15) is 0 Å². The summed E-state index contributed by atoms with van der Waals surface area (Å²) in [6.45, 7) is 5.98. The Morgan fingerprint density at radius 3 is 2.44 bits per heavy atom. The van der Waals surface area contributed by atoms with E-state index in [1.54, 1.807) is 0 Å². The van der Waals surface area contributed by atoms with Gasteiger partial charge in [0.15, 0.2) is 4.34 Å². The van der Waals surface area contributed by atoms with Gasteiger partial charge in [0.1, 0.15) is 22.5 Å². The van der Waals surface area contributed by atoms with E-state index >= 15 is 0 Å². The summed E-state index contributed by atoms with van der Waals surface area (Å²) in [4.78, 5) is 13.1. The highest BCUT2D eigenvalue weighted by Gasteiger charge is 2.12. The van der Waals surface area contributed by atoms with Crippen LogP contribution in [0.3, 0.4) is 0 Å². The molecule has 0 aromatic carbocycles. The SMILES string of the molecule is CCc1nsc(Sc2nc(CC)nc(N)c2C)n1. The first-order valence-electron chi connectivity index (χ1n) is 5.77. The van der Waals surface area contributed by atoms with Gasteiger partial charge in [0, 0.05) is 18.4 Å². The second kappa shape index (κ2) is 5.62. The molecule has 96 valence electrons. The van der Waals surface area contributed by atoms with Gasteiger partial charge in [0.2, 0.25) is 0 Å². The molecule has 0 amide bonds. The molecular formula is C11H15N5S2. The minimum atomic E-state index is 0.546. The Balaban J connectivity index is 2.30. The summed E-state index contributed by atoms with van der Waals surface area (Å²) in [5.41, 5.74) is 6.79. The third-order valence-electron chi connectivity index (χ3n) is 2.45. The standard InChI is InChI=1S/C11H15N5S2/c1-4-7-13-9(12)6(3)10(14-7)17-11-15-8(5-2)16-18-11/h4-5H2,1-3H3,(H2,12,13,14). The molecule has 2 aromatic heterocycles. The maximum atomic E-state index is 5.88. The van der Waals surface area contributed by atoms with Gasteiger partial charge in [-0.3, -0.25) is 0 Å². The first-order chi connectivity index (χ1) is 8.63. The molecule has 0 aliphatic rings. The van der Waals surface area contributed by atoms with Gasteiger partial charge in [-0.05, 0) is 30.2 Å². The smallest absolute Gasteiger partial charge is 0.176 e. The summed E-state index contributed by atoms with van der Waals surface area (Å²) in [6, 6.07) is 0. The average molecular weight is 281 g/mol. The average Bonchev–Trinajstić information content (AvgIpc) is 2.82. The van der Waals surface area contributed by atoms with Crippen LogP contribution in [0.4, 0.5) is 5.82 Å². The van der Waals surface area contributed by atoms with Crippen molar-refractivity contribution in [3.63, 3.8) is 0 Å². The number of hydrogen-bond donors (Lipinski definition) is 1. The summed E-state index contributed by atoms with van der Waals surface area (Å²) in [6.07, 6.45) is 1.62. The van der Waals surface area contributed by atoms with Crippen molar-refractivity contribution in [2.45, 2.75) is 43.0 Å². The van der Waals surface area contributed by atoms with Crippen LogP contribution in [0.1, 0.15) is 31.1 Å². The Hall–Kier alpha value is -1.21. The van der Waals surface area contributed by atoms with Crippen LogP contribution in [0, 0.1) is 6.92 Å². The lowest BCUT2D eigenvalue weighted by Gasteiger charge is -2.06. The topological polar surface area (TPSA) is 77.6 Å². The molecule has 0 saturated heterocycles. The van der Waals surface area contributed by atoms with Gasteiger partial charge in [0.25, 0.3) is 0 Å². The summed E-state index contributed by atoms with van der Waals surface area (Å²) in [5.74, 6) is 2.18. The normalized spacial score (nSPS) is 10.8. The summed E-state index contributed by atoms with van der Waals surface area (Å²) >= 11 is 2.91. The van der Waals surface area contributed by atoms with E-state index in [1.165, 1.54) is 23.3 Å². The highest BCUT2D eigenvalue weighted by molar-refractivity contribution is 8.00. The van der Waals surface area contributed by atoms with E-state index in [0.717, 1.165) is 39.4 Å². The Kier molecular flexibility index (Phi) is 4.13. The zero-order chi connectivity index (χ0) is 13.1. The predicted octanol–water partition coefficient (Wildman–Crippen LogP) is 2.49. The number of nitrogens with zero attached hydrogens (tertiary/aromatic N) is 4. The second-order valence-corrected chi connectivity index (χ2v) is 5.73. The van der Waals surface area contributed by atoms with Gasteiger partial charge in [-0.1, -0.05) is 13.8 Å². The number of aromatic nitrogens is 4. The highest BCUT2D eigenvalue weighted by Crippen LogP contribution is 2.31. The molecule has 7 heteroatoms. The molecule has 0 unspecified atom stereocenters. The number of anilines is 1. The number of hydrogen-bond acceptors (Lipinski definition) is 7. The fourth-order valence-corrected chi connectivity index (χ4v) is 3.04. The van der Waals surface area contributed by atoms with Crippen LogP contribution in [0.15, 0.2) is 9.37 Å². The van der Waals surface area contributed by atoms with Gasteiger partial charge >= 0.3 is 0 Å². The van der Waals surface area contributed by atoms with Crippen molar-refractivity contribution in [3.05, 3.63) is 17.2 Å². The van der Waals surface area contributed by atoms with E-state index in [2.05, 4.69) is 19.3 Å². The van der Waals surface area contributed by atoms with E-state index in [4.69, 9.17) is 5.73 Å². The lowest BCUT2D eigenvalue weighted by Crippen LogP contribution is -2.03. The quantitative estimate of drug-likeness (QED) is 0.868. The van der Waals surface area contributed by atoms with Gasteiger partial charge < -0.3 is 5.73 Å². The van der Waals surface area contributed by atoms with Gasteiger partial charge in [-0.25, -0.2) is 15.0 Å². The molecule has 0 fully saturated rings. The molecule has 0 atom stereocenters. The fourth-order valence-electron chi connectivity index (χ4n) is 1.32. The van der Waals surface area contributed by atoms with Crippen molar-refractivity contribution < 1.29 is 0 Å². The molecule has 0 aliphatic heterocycles. The number of rotatable bonds is 4. The van der Waals surface area contributed by atoms with Crippen molar-refractivity contribution in [1.82, 2.24) is 19.3 Å². The van der Waals surface area contributed by atoms with Crippen molar-refractivity contribution in [2.75, 3.05) is 5.73 Å². The molecule has 0 saturated carbocycles. The Bertz CT molecular complexity index is 552. The van der Waals surface area contributed by atoms with Gasteiger partial charge in [0.05, 0.1) is 0 Å². The van der Waals surface area contributed by atoms with Crippen molar-refractivity contribution in [2.24, 2.45) is 0 Å². The van der Waals surface area contributed by atoms with E-state index in [1.807, 2.05) is 20.8 Å². The molecule has 2 N–H and O–H groups in total. The van der Waals surface area contributed by atoms with E-state index in [0.29, 0.717) is 5.82 Å². The Morgan fingerprint density at radius 1 is 1.11 bits per heavy atom. The Labute approximate surface area is 114 Å². The van der Waals surface area contributed by atoms with Crippen LogP contribution in [-0.4, -0.2) is 19.3 Å². The lowest BCUT2D eigenvalue weighted by molar-refractivity contribution is 0.877. The van der Waals surface area contributed by atoms with Gasteiger partial charge in [-0.2, -0.15) is 4.37 Å². The largest absolute Gasteiger partial charge is 0.383 e.